The average Bonchev–Trinajstić information content (AvgIpc) is 2.89. The van der Waals surface area contributed by atoms with Crippen molar-refractivity contribution < 1.29 is 45.7 Å². The first-order chi connectivity index (χ1) is 19.6. The van der Waals surface area contributed by atoms with Crippen LogP contribution in [0.3, 0.4) is 0 Å². The molecule has 5 rings (SSSR count). The van der Waals surface area contributed by atoms with Crippen molar-refractivity contribution in [1.82, 2.24) is 0 Å². The summed E-state index contributed by atoms with van der Waals surface area (Å²) in [4.78, 5) is 26.7. The number of rotatable bonds is 6. The van der Waals surface area contributed by atoms with Gasteiger partial charge in [-0.2, -0.15) is 16.8 Å². The monoisotopic (exact) mass is 656 g/mol. The zero-order valence-corrected chi connectivity index (χ0v) is 29.5. The second-order valence-corrected chi connectivity index (χ2v) is 12.4. The van der Waals surface area contributed by atoms with E-state index in [1.807, 2.05) is 0 Å². The van der Waals surface area contributed by atoms with Gasteiger partial charge in [0, 0.05) is 59.1 Å². The van der Waals surface area contributed by atoms with Crippen molar-refractivity contribution in [3.05, 3.63) is 94.0 Å². The van der Waals surface area contributed by atoms with Crippen molar-refractivity contribution in [2.24, 2.45) is 0 Å². The SMILES string of the molecule is Cc1ccc(Nc2ccc(O)c3c2C(=O)c2c(O)ccc(Nc4ccc(C)cc4S(=O)(=O)O)c2C3=O)c(S(=O)(=O)O)c1.[Na].[Na]. The fourth-order valence-corrected chi connectivity index (χ4v) is 6.22. The number of ketones is 2. The van der Waals surface area contributed by atoms with Crippen LogP contribution in [0.25, 0.3) is 0 Å². The first-order valence-electron chi connectivity index (χ1n) is 12.1. The Morgan fingerprint density at radius 1 is 0.523 bits per heavy atom. The van der Waals surface area contributed by atoms with Crippen LogP contribution in [0.2, 0.25) is 0 Å². The minimum absolute atomic E-state index is 0. The van der Waals surface area contributed by atoms with E-state index in [4.69, 9.17) is 0 Å². The van der Waals surface area contributed by atoms with Crippen LogP contribution < -0.4 is 10.6 Å². The van der Waals surface area contributed by atoms with Crippen LogP contribution in [0.15, 0.2) is 70.5 Å². The number of fused-ring (bicyclic) bond motifs is 2. The molecule has 218 valence electrons. The number of aryl methyl sites for hydroxylation is 2. The van der Waals surface area contributed by atoms with Gasteiger partial charge in [0.2, 0.25) is 11.6 Å². The largest absolute Gasteiger partial charge is 0.507 e. The molecule has 0 aliphatic heterocycles. The van der Waals surface area contributed by atoms with Gasteiger partial charge < -0.3 is 20.8 Å². The van der Waals surface area contributed by atoms with Crippen LogP contribution in [0.5, 0.6) is 11.5 Å². The molecule has 0 saturated carbocycles. The molecule has 0 unspecified atom stereocenters. The first-order valence-corrected chi connectivity index (χ1v) is 15.0. The molecule has 2 radical (unpaired) electrons. The van der Waals surface area contributed by atoms with Gasteiger partial charge in [0.25, 0.3) is 20.2 Å². The molecule has 0 amide bonds. The molecule has 0 saturated heterocycles. The summed E-state index contributed by atoms with van der Waals surface area (Å²) in [6.45, 7) is 3.20. The molecule has 1 aliphatic carbocycles. The van der Waals surface area contributed by atoms with Crippen LogP contribution in [0.4, 0.5) is 22.7 Å². The quantitative estimate of drug-likeness (QED) is 0.0879. The maximum absolute atomic E-state index is 13.9. The van der Waals surface area contributed by atoms with E-state index in [0.717, 1.165) is 12.1 Å². The summed E-state index contributed by atoms with van der Waals surface area (Å²) >= 11 is 0. The second kappa shape index (κ2) is 12.9. The minimum atomic E-state index is -4.71. The van der Waals surface area contributed by atoms with E-state index >= 15 is 0 Å². The van der Waals surface area contributed by atoms with Gasteiger partial charge in [-0.1, -0.05) is 12.1 Å². The number of anilines is 4. The number of nitrogens with one attached hydrogen (secondary N) is 2. The van der Waals surface area contributed by atoms with Crippen LogP contribution in [-0.2, 0) is 20.2 Å². The van der Waals surface area contributed by atoms with Crippen LogP contribution >= 0.6 is 0 Å². The number of phenolic OH excluding ortho intramolecular Hbond substituents is 2. The second-order valence-electron chi connectivity index (χ2n) is 9.62. The summed E-state index contributed by atoms with van der Waals surface area (Å²) in [6, 6.07) is 12.8. The maximum atomic E-state index is 13.9. The van der Waals surface area contributed by atoms with Crippen molar-refractivity contribution in [3.63, 3.8) is 0 Å². The van der Waals surface area contributed by atoms with E-state index < -0.39 is 64.2 Å². The molecule has 1 aliphatic rings. The molecule has 44 heavy (non-hydrogen) atoms. The predicted molar refractivity (Wildman–Crippen MR) is 163 cm³/mol. The smallest absolute Gasteiger partial charge is 0.296 e. The van der Waals surface area contributed by atoms with E-state index in [9.17, 15) is 45.7 Å². The van der Waals surface area contributed by atoms with Gasteiger partial charge in [0.15, 0.2) is 0 Å². The summed E-state index contributed by atoms with van der Waals surface area (Å²) in [7, 11) is -9.42. The molecule has 4 aromatic rings. The standard InChI is InChI=1S/C28H22N2O10S2.2Na/c1-13-3-5-15(21(11-13)41(35,36)37)29-17-7-9-19(31)25-23(17)27(33)26-20(32)10-8-18(24(26)28(25)34)30-16-6-4-14(2)12-22(16)42(38,39)40;;/h3-12,29-32H,1-2H3,(H,35,36,37)(H,38,39,40);;. The van der Waals surface area contributed by atoms with E-state index in [1.54, 1.807) is 26.0 Å². The predicted octanol–water partition coefficient (Wildman–Crippen LogP) is 3.71. The molecule has 0 fully saturated rings. The van der Waals surface area contributed by atoms with Crippen molar-refractivity contribution >= 4 is 114 Å². The molecular formula is C28H22N2Na2O10S2. The molecule has 0 atom stereocenters. The summed E-state index contributed by atoms with van der Waals surface area (Å²) in [5.41, 5.74) is -1.13. The Bertz CT molecular complexity index is 1930. The molecule has 6 N–H and O–H groups in total. The molecule has 0 aromatic heterocycles. The zero-order chi connectivity index (χ0) is 30.7. The number of carbonyl (C=O) groups is 2. The molecule has 16 heteroatoms. The molecule has 12 nitrogen and oxygen atoms in total. The van der Waals surface area contributed by atoms with Crippen LogP contribution in [-0.4, -0.2) is 107 Å². The van der Waals surface area contributed by atoms with E-state index in [0.29, 0.717) is 11.1 Å². The summed E-state index contributed by atoms with van der Waals surface area (Å²) in [5, 5.41) is 26.8. The molecule has 4 aromatic carbocycles. The van der Waals surface area contributed by atoms with Gasteiger partial charge in [0.1, 0.15) is 21.3 Å². The fraction of sp³-hybridized carbons (Fsp3) is 0.0714. The summed E-state index contributed by atoms with van der Waals surface area (Å²) in [6.07, 6.45) is 0. The maximum Gasteiger partial charge on any atom is 0.296 e. The van der Waals surface area contributed by atoms with Gasteiger partial charge in [-0.3, -0.25) is 18.7 Å². The molecular weight excluding hydrogens is 634 g/mol. The normalized spacial score (nSPS) is 12.4. The molecule has 0 spiro atoms. The van der Waals surface area contributed by atoms with Crippen molar-refractivity contribution in [2.75, 3.05) is 10.6 Å². The van der Waals surface area contributed by atoms with Crippen molar-refractivity contribution in [1.29, 1.82) is 0 Å². The van der Waals surface area contributed by atoms with Crippen molar-refractivity contribution in [3.8, 4) is 11.5 Å². The number of phenols is 2. The minimum Gasteiger partial charge on any atom is -0.507 e. The average molecular weight is 657 g/mol. The molecule has 0 bridgehead atoms. The number of benzene rings is 4. The summed E-state index contributed by atoms with van der Waals surface area (Å²) < 4.78 is 67.5. The number of hydrogen-bond acceptors (Lipinski definition) is 10. The Balaban J connectivity index is 0.00000264. The topological polar surface area (TPSA) is 207 Å². The van der Waals surface area contributed by atoms with Gasteiger partial charge in [-0.15, -0.1) is 0 Å². The summed E-state index contributed by atoms with van der Waals surface area (Å²) in [5.74, 6) is -3.03. The van der Waals surface area contributed by atoms with E-state index in [1.165, 1.54) is 36.4 Å². The third-order valence-electron chi connectivity index (χ3n) is 6.64. The Morgan fingerprint density at radius 3 is 1.16 bits per heavy atom. The van der Waals surface area contributed by atoms with Gasteiger partial charge in [-0.05, 0) is 73.5 Å². The number of carbonyl (C=O) groups excluding carboxylic acids is 2. The van der Waals surface area contributed by atoms with E-state index in [2.05, 4.69) is 10.6 Å². The fourth-order valence-electron chi connectivity index (χ4n) is 4.76. The zero-order valence-electron chi connectivity index (χ0n) is 23.8. The third-order valence-corrected chi connectivity index (χ3v) is 8.43. The third kappa shape index (κ3) is 6.60. The van der Waals surface area contributed by atoms with Gasteiger partial charge >= 0.3 is 0 Å². The Kier molecular flexibility index (Phi) is 10.5. The van der Waals surface area contributed by atoms with Crippen molar-refractivity contribution in [2.45, 2.75) is 23.6 Å². The first kappa shape index (κ1) is 35.7. The van der Waals surface area contributed by atoms with Crippen LogP contribution in [0.1, 0.15) is 43.0 Å². The molecule has 0 heterocycles. The Labute approximate surface area is 296 Å². The number of hydrogen-bond donors (Lipinski definition) is 6. The van der Waals surface area contributed by atoms with Gasteiger partial charge in [-0.25, -0.2) is 0 Å². The number of aromatic hydroxyl groups is 2. The van der Waals surface area contributed by atoms with E-state index in [-0.39, 0.29) is 93.0 Å². The van der Waals surface area contributed by atoms with Crippen LogP contribution in [0, 0.1) is 13.8 Å². The Hall–Kier alpha value is -2.76. The Morgan fingerprint density at radius 2 is 0.841 bits per heavy atom. The van der Waals surface area contributed by atoms with Gasteiger partial charge in [0.05, 0.1) is 45.0 Å².